The Morgan fingerprint density at radius 2 is 2.12 bits per heavy atom. The van der Waals surface area contributed by atoms with Gasteiger partial charge in [0.05, 0.1) is 17.6 Å². The first kappa shape index (κ1) is 22.3. The highest BCUT2D eigenvalue weighted by molar-refractivity contribution is 5.96. The van der Waals surface area contributed by atoms with Crippen LogP contribution in [0.15, 0.2) is 66.9 Å². The summed E-state index contributed by atoms with van der Waals surface area (Å²) in [5.74, 6) is 0.00148. The molecule has 170 valence electrons. The van der Waals surface area contributed by atoms with E-state index in [9.17, 15) is 9.18 Å². The number of carbonyl (C=O) groups excluding carboxylic acids is 1. The number of carbonyl (C=O) groups is 1. The Kier molecular flexibility index (Phi) is 6.26. The van der Waals surface area contributed by atoms with Crippen LogP contribution in [0.5, 0.6) is 5.88 Å². The highest BCUT2D eigenvalue weighted by Crippen LogP contribution is 2.29. The van der Waals surface area contributed by atoms with Gasteiger partial charge in [0, 0.05) is 36.4 Å². The van der Waals surface area contributed by atoms with Crippen LogP contribution in [0.1, 0.15) is 35.7 Å². The van der Waals surface area contributed by atoms with E-state index in [1.165, 1.54) is 6.08 Å². The number of halogens is 1. The number of hydrogen-bond acceptors (Lipinski definition) is 5. The number of aryl methyl sites for hydroxylation is 1. The normalized spacial score (nSPS) is 14.3. The van der Waals surface area contributed by atoms with Crippen molar-refractivity contribution in [2.75, 3.05) is 12.4 Å². The molecule has 1 aliphatic carbocycles. The number of fused-ring (bicyclic) bond motifs is 1. The van der Waals surface area contributed by atoms with Crippen molar-refractivity contribution in [3.63, 3.8) is 0 Å². The van der Waals surface area contributed by atoms with Gasteiger partial charge in [-0.3, -0.25) is 4.79 Å². The van der Waals surface area contributed by atoms with Gasteiger partial charge in [0.25, 0.3) is 5.91 Å². The molecule has 8 heteroatoms. The fourth-order valence-corrected chi connectivity index (χ4v) is 3.43. The third-order valence-corrected chi connectivity index (χ3v) is 5.38. The van der Waals surface area contributed by atoms with Crippen LogP contribution in [-0.2, 0) is 0 Å². The fourth-order valence-electron chi connectivity index (χ4n) is 3.43. The molecule has 1 fully saturated rings. The molecular weight excluding hydrogens is 421 g/mol. The van der Waals surface area contributed by atoms with Gasteiger partial charge in [-0.15, -0.1) is 5.10 Å². The molecule has 2 N–H and O–H groups in total. The van der Waals surface area contributed by atoms with E-state index in [1.54, 1.807) is 36.8 Å². The average molecular weight is 448 g/mol. The molecule has 0 atom stereocenters. The molecule has 1 aromatic carbocycles. The molecular formula is C25H26FN5O2. The number of hydrogen-bond donors (Lipinski definition) is 2. The predicted octanol–water partition coefficient (Wildman–Crippen LogP) is 4.96. The van der Waals surface area contributed by atoms with Crippen molar-refractivity contribution in [3.05, 3.63) is 78.0 Å². The van der Waals surface area contributed by atoms with Crippen molar-refractivity contribution in [1.29, 1.82) is 0 Å². The molecule has 2 heterocycles. The number of rotatable bonds is 8. The van der Waals surface area contributed by atoms with Crippen molar-refractivity contribution in [3.8, 4) is 17.1 Å². The van der Waals surface area contributed by atoms with Gasteiger partial charge in [0.2, 0.25) is 5.88 Å². The van der Waals surface area contributed by atoms with E-state index < -0.39 is 5.83 Å². The van der Waals surface area contributed by atoms with Gasteiger partial charge in [-0.25, -0.2) is 13.9 Å². The maximum atomic E-state index is 13.7. The number of nitrogens with one attached hydrogen (secondary N) is 2. The van der Waals surface area contributed by atoms with Crippen LogP contribution in [0.3, 0.4) is 0 Å². The summed E-state index contributed by atoms with van der Waals surface area (Å²) in [5, 5.41) is 10.7. The van der Waals surface area contributed by atoms with Crippen LogP contribution in [-0.4, -0.2) is 33.6 Å². The number of ether oxygens (including phenoxy) is 1. The maximum Gasteiger partial charge on any atom is 0.251 e. The van der Waals surface area contributed by atoms with Crippen molar-refractivity contribution in [2.45, 2.75) is 32.7 Å². The van der Waals surface area contributed by atoms with E-state index in [-0.39, 0.29) is 11.8 Å². The van der Waals surface area contributed by atoms with Gasteiger partial charge in [-0.2, -0.15) is 0 Å². The second-order valence-corrected chi connectivity index (χ2v) is 7.83. The molecule has 1 aliphatic rings. The summed E-state index contributed by atoms with van der Waals surface area (Å²) in [6.07, 6.45) is 7.78. The highest BCUT2D eigenvalue weighted by atomic mass is 19.1. The zero-order valence-electron chi connectivity index (χ0n) is 18.9. The Labute approximate surface area is 191 Å². The average Bonchev–Trinajstić information content (AvgIpc) is 3.52. The van der Waals surface area contributed by atoms with Crippen LogP contribution in [0.4, 0.5) is 10.1 Å². The first-order chi connectivity index (χ1) is 15.9. The summed E-state index contributed by atoms with van der Waals surface area (Å²) >= 11 is 0. The summed E-state index contributed by atoms with van der Waals surface area (Å²) < 4.78 is 21.1. The molecule has 3 aromatic rings. The molecule has 1 amide bonds. The summed E-state index contributed by atoms with van der Waals surface area (Å²) in [5.41, 5.74) is 4.43. The van der Waals surface area contributed by atoms with E-state index >= 15 is 0 Å². The molecule has 0 spiro atoms. The summed E-state index contributed by atoms with van der Waals surface area (Å²) in [7, 11) is 1.78. The van der Waals surface area contributed by atoms with Gasteiger partial charge in [0.1, 0.15) is 11.6 Å². The number of benzene rings is 1. The first-order valence-corrected chi connectivity index (χ1v) is 10.8. The number of nitrogens with zero attached hydrogens (tertiary/aromatic N) is 3. The Morgan fingerprint density at radius 3 is 2.76 bits per heavy atom. The molecule has 2 aromatic heterocycles. The minimum atomic E-state index is -0.511. The van der Waals surface area contributed by atoms with E-state index in [0.29, 0.717) is 28.7 Å². The van der Waals surface area contributed by atoms with Gasteiger partial charge < -0.3 is 15.4 Å². The van der Waals surface area contributed by atoms with E-state index in [1.807, 2.05) is 25.1 Å². The van der Waals surface area contributed by atoms with Crippen LogP contribution in [0.2, 0.25) is 0 Å². The lowest BCUT2D eigenvalue weighted by Gasteiger charge is -2.11. The molecule has 4 rings (SSSR count). The van der Waals surface area contributed by atoms with Crippen molar-refractivity contribution in [2.24, 2.45) is 0 Å². The number of anilines is 1. The van der Waals surface area contributed by atoms with Crippen LogP contribution < -0.4 is 15.4 Å². The third-order valence-electron chi connectivity index (χ3n) is 5.38. The molecule has 0 radical (unpaired) electrons. The van der Waals surface area contributed by atoms with Gasteiger partial charge in [-0.1, -0.05) is 12.6 Å². The maximum absolute atomic E-state index is 13.7. The molecule has 0 unspecified atom stereocenters. The summed E-state index contributed by atoms with van der Waals surface area (Å²) in [6.45, 7) is 7.07. The lowest BCUT2D eigenvalue weighted by atomic mass is 10.0. The smallest absolute Gasteiger partial charge is 0.251 e. The zero-order valence-corrected chi connectivity index (χ0v) is 18.9. The van der Waals surface area contributed by atoms with Gasteiger partial charge in [0.15, 0.2) is 5.65 Å². The third kappa shape index (κ3) is 4.79. The Morgan fingerprint density at radius 1 is 1.33 bits per heavy atom. The molecule has 1 saturated carbocycles. The summed E-state index contributed by atoms with van der Waals surface area (Å²) in [6, 6.07) is 7.65. The second-order valence-electron chi connectivity index (χ2n) is 7.83. The number of amides is 1. The lowest BCUT2D eigenvalue weighted by molar-refractivity contribution is 0.0950. The Hall–Kier alpha value is -3.94. The lowest BCUT2D eigenvalue weighted by Crippen LogP contribution is -2.26. The van der Waals surface area contributed by atoms with Gasteiger partial charge >= 0.3 is 0 Å². The van der Waals surface area contributed by atoms with Gasteiger partial charge in [-0.05, 0) is 56.5 Å². The minimum Gasteiger partial charge on any atom is -0.438 e. The minimum absolute atomic E-state index is 0.0512. The molecule has 7 nitrogen and oxygen atoms in total. The first-order valence-electron chi connectivity index (χ1n) is 10.8. The zero-order chi connectivity index (χ0) is 23.5. The van der Waals surface area contributed by atoms with E-state index in [4.69, 9.17) is 4.74 Å². The second kappa shape index (κ2) is 9.28. The Bertz CT molecular complexity index is 1290. The number of aromatic nitrogens is 3. The molecule has 0 saturated heterocycles. The predicted molar refractivity (Wildman–Crippen MR) is 127 cm³/mol. The summed E-state index contributed by atoms with van der Waals surface area (Å²) in [4.78, 5) is 17.0. The fraction of sp³-hybridized carbons (Fsp3) is 0.240. The van der Waals surface area contributed by atoms with E-state index in [2.05, 4.69) is 27.3 Å². The SMILES string of the molecule is C=C/C(F)=C\C(=C/C)Oc1cc(NC)c2ncc(-c3ccc(C(=O)NC4CC4)c(C)c3)n2n1. The largest absolute Gasteiger partial charge is 0.438 e. The standard InChI is InChI=1S/C25H26FN5O2/c1-5-17(26)12-19(6-2)33-23-13-21(27-4)24-28-14-22(31(24)30-23)16-7-10-20(15(3)11-16)25(32)29-18-8-9-18/h5-7,10-14,18,27H,1,8-9H2,2-4H3,(H,29,32)/b17-12+,19-6+. The Balaban J connectivity index is 1.71. The van der Waals surface area contributed by atoms with Crippen molar-refractivity contribution in [1.82, 2.24) is 19.9 Å². The van der Waals surface area contributed by atoms with Crippen molar-refractivity contribution >= 4 is 17.2 Å². The highest BCUT2D eigenvalue weighted by Gasteiger charge is 2.24. The quantitative estimate of drug-likeness (QED) is 0.377. The molecule has 0 aliphatic heterocycles. The van der Waals surface area contributed by atoms with Crippen LogP contribution >= 0.6 is 0 Å². The molecule has 33 heavy (non-hydrogen) atoms. The monoisotopic (exact) mass is 447 g/mol. The molecule has 0 bridgehead atoms. The van der Waals surface area contributed by atoms with Crippen LogP contribution in [0.25, 0.3) is 16.9 Å². The number of imidazole rings is 1. The van der Waals surface area contributed by atoms with Crippen LogP contribution in [0, 0.1) is 6.92 Å². The topological polar surface area (TPSA) is 80.5 Å². The van der Waals surface area contributed by atoms with Crippen molar-refractivity contribution < 1.29 is 13.9 Å². The van der Waals surface area contributed by atoms with E-state index in [0.717, 1.165) is 35.7 Å². The number of allylic oxidation sites excluding steroid dienone is 4.